The number of hydrogen-bond acceptors (Lipinski definition) is 2. The van der Waals surface area contributed by atoms with Gasteiger partial charge >= 0.3 is 0 Å². The van der Waals surface area contributed by atoms with Crippen molar-refractivity contribution < 1.29 is 0 Å². The third kappa shape index (κ3) is 0.621. The molecule has 0 radical (unpaired) electrons. The van der Waals surface area contributed by atoms with Gasteiger partial charge in [-0.05, 0) is 6.07 Å². The van der Waals surface area contributed by atoms with Crippen LogP contribution < -0.4 is 5.56 Å². The fourth-order valence-electron chi connectivity index (χ4n) is 0.870. The Hall–Kier alpha value is -1.58. The molecule has 2 aromatic rings. The van der Waals surface area contributed by atoms with Crippen LogP contribution in [-0.2, 0) is 0 Å². The standard InChI is InChI=1S/C6H5N3O/c10-5-3-4-1-2-7-6(4)9-8-5/h1-3H,(H,7,9)(H,8,10). The molecule has 0 saturated heterocycles. The van der Waals surface area contributed by atoms with E-state index in [0.717, 1.165) is 5.39 Å². The van der Waals surface area contributed by atoms with Crippen LogP contribution in [0.2, 0.25) is 0 Å². The number of fused-ring (bicyclic) bond motifs is 1. The Morgan fingerprint density at radius 2 is 2.40 bits per heavy atom. The summed E-state index contributed by atoms with van der Waals surface area (Å²) in [6.07, 6.45) is 1.74. The van der Waals surface area contributed by atoms with Gasteiger partial charge in [-0.3, -0.25) is 4.79 Å². The Kier molecular flexibility index (Phi) is 0.887. The maximum Gasteiger partial charge on any atom is 0.264 e. The van der Waals surface area contributed by atoms with Gasteiger partial charge in [0.05, 0.1) is 0 Å². The molecular weight excluding hydrogens is 130 g/mol. The molecule has 2 rings (SSSR count). The van der Waals surface area contributed by atoms with Crippen LogP contribution in [0.3, 0.4) is 0 Å². The lowest BCUT2D eigenvalue weighted by atomic mass is 10.4. The summed E-state index contributed by atoms with van der Waals surface area (Å²) in [6, 6.07) is 3.30. The Balaban J connectivity index is 2.99. The number of nitrogens with one attached hydrogen (secondary N) is 2. The predicted molar refractivity (Wildman–Crippen MR) is 36.7 cm³/mol. The third-order valence-corrected chi connectivity index (χ3v) is 1.32. The SMILES string of the molecule is O=c1cc2cc[nH]c2n[nH]1. The molecule has 0 aliphatic carbocycles. The second kappa shape index (κ2) is 1.70. The van der Waals surface area contributed by atoms with Crippen LogP contribution >= 0.6 is 0 Å². The predicted octanol–water partition coefficient (Wildman–Crippen LogP) is 0.251. The minimum atomic E-state index is -0.174. The van der Waals surface area contributed by atoms with Gasteiger partial charge in [0.2, 0.25) is 0 Å². The molecule has 0 bridgehead atoms. The average Bonchev–Trinajstić information content (AvgIpc) is 2.33. The molecule has 0 spiro atoms. The van der Waals surface area contributed by atoms with Gasteiger partial charge in [0.15, 0.2) is 5.65 Å². The molecule has 10 heavy (non-hydrogen) atoms. The van der Waals surface area contributed by atoms with Crippen LogP contribution in [0.5, 0.6) is 0 Å². The number of hydrogen-bond donors (Lipinski definition) is 2. The van der Waals surface area contributed by atoms with E-state index in [2.05, 4.69) is 15.2 Å². The highest BCUT2D eigenvalue weighted by Gasteiger charge is 1.92. The molecule has 2 heterocycles. The zero-order chi connectivity index (χ0) is 6.97. The zero-order valence-corrected chi connectivity index (χ0v) is 5.09. The second-order valence-electron chi connectivity index (χ2n) is 2.01. The summed E-state index contributed by atoms with van der Waals surface area (Å²) in [5.41, 5.74) is 0.534. The lowest BCUT2D eigenvalue weighted by Crippen LogP contribution is -2.04. The van der Waals surface area contributed by atoms with Crippen molar-refractivity contribution in [3.63, 3.8) is 0 Å². The van der Waals surface area contributed by atoms with Crippen molar-refractivity contribution in [1.82, 2.24) is 15.2 Å². The van der Waals surface area contributed by atoms with Crippen LogP contribution in [0, 0.1) is 0 Å². The first kappa shape index (κ1) is 5.22. The van der Waals surface area contributed by atoms with Crippen LogP contribution in [-0.4, -0.2) is 15.2 Å². The minimum absolute atomic E-state index is 0.174. The Bertz CT molecular complexity index is 400. The van der Waals surface area contributed by atoms with E-state index in [1.165, 1.54) is 6.07 Å². The van der Waals surface area contributed by atoms with Crippen molar-refractivity contribution in [2.45, 2.75) is 0 Å². The van der Waals surface area contributed by atoms with Gasteiger partial charge in [-0.15, -0.1) is 0 Å². The van der Waals surface area contributed by atoms with E-state index in [9.17, 15) is 4.79 Å². The molecule has 4 heteroatoms. The molecule has 0 aliphatic heterocycles. The summed E-state index contributed by atoms with van der Waals surface area (Å²) in [6.45, 7) is 0. The summed E-state index contributed by atoms with van der Waals surface area (Å²) in [5.74, 6) is 0. The van der Waals surface area contributed by atoms with E-state index in [-0.39, 0.29) is 5.56 Å². The first-order chi connectivity index (χ1) is 4.86. The van der Waals surface area contributed by atoms with Gasteiger partial charge in [0.1, 0.15) is 0 Å². The fraction of sp³-hybridized carbons (Fsp3) is 0. The first-order valence-corrected chi connectivity index (χ1v) is 2.89. The zero-order valence-electron chi connectivity index (χ0n) is 5.09. The van der Waals surface area contributed by atoms with Gasteiger partial charge in [-0.1, -0.05) is 0 Å². The van der Waals surface area contributed by atoms with Gasteiger partial charge in [0, 0.05) is 17.6 Å². The van der Waals surface area contributed by atoms with E-state index in [0.29, 0.717) is 5.65 Å². The van der Waals surface area contributed by atoms with Crippen molar-refractivity contribution in [2.24, 2.45) is 0 Å². The molecule has 0 aliphatic rings. The fourth-order valence-corrected chi connectivity index (χ4v) is 0.870. The molecule has 4 nitrogen and oxygen atoms in total. The summed E-state index contributed by atoms with van der Waals surface area (Å²) >= 11 is 0. The molecule has 0 unspecified atom stereocenters. The van der Waals surface area contributed by atoms with Crippen molar-refractivity contribution in [1.29, 1.82) is 0 Å². The van der Waals surface area contributed by atoms with Crippen LogP contribution in [0.4, 0.5) is 0 Å². The molecular formula is C6H5N3O. The Morgan fingerprint density at radius 3 is 3.30 bits per heavy atom. The largest absolute Gasteiger partial charge is 0.345 e. The van der Waals surface area contributed by atoms with E-state index in [4.69, 9.17) is 0 Å². The molecule has 0 amide bonds. The normalized spacial score (nSPS) is 10.4. The summed E-state index contributed by atoms with van der Waals surface area (Å²) in [4.78, 5) is 13.5. The maximum absolute atomic E-state index is 10.6. The summed E-state index contributed by atoms with van der Waals surface area (Å²) < 4.78 is 0. The first-order valence-electron chi connectivity index (χ1n) is 2.89. The van der Waals surface area contributed by atoms with Gasteiger partial charge in [-0.25, -0.2) is 5.10 Å². The average molecular weight is 135 g/mol. The minimum Gasteiger partial charge on any atom is -0.345 e. The smallest absolute Gasteiger partial charge is 0.264 e. The number of H-pyrrole nitrogens is 2. The maximum atomic E-state index is 10.6. The molecule has 0 saturated carbocycles. The van der Waals surface area contributed by atoms with Gasteiger partial charge in [-0.2, -0.15) is 5.10 Å². The van der Waals surface area contributed by atoms with E-state index in [1.807, 2.05) is 0 Å². The topological polar surface area (TPSA) is 61.5 Å². The monoisotopic (exact) mass is 135 g/mol. The lowest BCUT2D eigenvalue weighted by molar-refractivity contribution is 1.02. The number of rotatable bonds is 0. The van der Waals surface area contributed by atoms with Crippen molar-refractivity contribution in [2.75, 3.05) is 0 Å². The Labute approximate surface area is 55.9 Å². The third-order valence-electron chi connectivity index (χ3n) is 1.32. The number of nitrogens with zero attached hydrogens (tertiary/aromatic N) is 1. The van der Waals surface area contributed by atoms with Crippen LogP contribution in [0.15, 0.2) is 23.1 Å². The number of aromatic nitrogens is 3. The van der Waals surface area contributed by atoms with Crippen LogP contribution in [0.25, 0.3) is 11.0 Å². The lowest BCUT2D eigenvalue weighted by Gasteiger charge is -1.83. The van der Waals surface area contributed by atoms with Gasteiger partial charge in [0.25, 0.3) is 5.56 Å². The highest BCUT2D eigenvalue weighted by Crippen LogP contribution is 2.02. The van der Waals surface area contributed by atoms with Crippen LogP contribution in [0.1, 0.15) is 0 Å². The van der Waals surface area contributed by atoms with Crippen molar-refractivity contribution in [3.8, 4) is 0 Å². The second-order valence-corrected chi connectivity index (χ2v) is 2.01. The molecule has 2 N–H and O–H groups in total. The van der Waals surface area contributed by atoms with E-state index in [1.54, 1.807) is 12.3 Å². The van der Waals surface area contributed by atoms with E-state index >= 15 is 0 Å². The molecule has 2 aromatic heterocycles. The quantitative estimate of drug-likeness (QED) is 0.544. The molecule has 0 aromatic carbocycles. The van der Waals surface area contributed by atoms with Gasteiger partial charge < -0.3 is 4.98 Å². The van der Waals surface area contributed by atoms with Crippen molar-refractivity contribution >= 4 is 11.0 Å². The molecule has 0 atom stereocenters. The highest BCUT2D eigenvalue weighted by atomic mass is 16.1. The Morgan fingerprint density at radius 1 is 1.50 bits per heavy atom. The van der Waals surface area contributed by atoms with Crippen molar-refractivity contribution in [3.05, 3.63) is 28.7 Å². The molecule has 50 valence electrons. The highest BCUT2D eigenvalue weighted by molar-refractivity contribution is 5.73. The molecule has 0 fully saturated rings. The summed E-state index contributed by atoms with van der Waals surface area (Å²) in [7, 11) is 0. The number of aromatic amines is 2. The van der Waals surface area contributed by atoms with E-state index < -0.39 is 0 Å². The summed E-state index contributed by atoms with van der Waals surface area (Å²) in [5, 5.41) is 6.91.